The molecular formula is C18H23N3. The molecule has 2 N–H and O–H groups in total. The number of aromatic amines is 2. The molecule has 0 radical (unpaired) electrons. The van der Waals surface area contributed by atoms with E-state index in [0.29, 0.717) is 0 Å². The van der Waals surface area contributed by atoms with Gasteiger partial charge in [-0.1, -0.05) is 45.5 Å². The summed E-state index contributed by atoms with van der Waals surface area (Å²) >= 11 is 0. The molecule has 3 aromatic rings. The molecule has 3 rings (SSSR count). The lowest BCUT2D eigenvalue weighted by atomic mass is 10.1. The fourth-order valence-corrected chi connectivity index (χ4v) is 2.02. The summed E-state index contributed by atoms with van der Waals surface area (Å²) in [6.07, 6.45) is 1.81. The van der Waals surface area contributed by atoms with Crippen LogP contribution in [0.15, 0.2) is 43.1 Å². The number of H-pyrrole nitrogens is 2. The van der Waals surface area contributed by atoms with Crippen LogP contribution in [0.3, 0.4) is 0 Å². The predicted octanol–water partition coefficient (Wildman–Crippen LogP) is 5.25. The van der Waals surface area contributed by atoms with Crippen molar-refractivity contribution in [2.75, 3.05) is 0 Å². The number of aromatic nitrogens is 3. The van der Waals surface area contributed by atoms with E-state index in [4.69, 9.17) is 0 Å². The predicted molar refractivity (Wildman–Crippen MR) is 91.1 cm³/mol. The highest BCUT2D eigenvalue weighted by molar-refractivity contribution is 5.87. The minimum Gasteiger partial charge on any atom is -0.353 e. The van der Waals surface area contributed by atoms with E-state index in [2.05, 4.69) is 60.7 Å². The quantitative estimate of drug-likeness (QED) is 0.661. The van der Waals surface area contributed by atoms with Crippen LogP contribution in [0.1, 0.15) is 33.3 Å². The summed E-state index contributed by atoms with van der Waals surface area (Å²) in [7, 11) is 0. The van der Waals surface area contributed by atoms with Gasteiger partial charge in [0.25, 0.3) is 0 Å². The average molecular weight is 281 g/mol. The van der Waals surface area contributed by atoms with Crippen LogP contribution in [-0.4, -0.2) is 15.2 Å². The van der Waals surface area contributed by atoms with Gasteiger partial charge in [-0.2, -0.15) is 5.10 Å². The number of benzene rings is 1. The van der Waals surface area contributed by atoms with Gasteiger partial charge < -0.3 is 4.98 Å². The topological polar surface area (TPSA) is 44.5 Å². The Morgan fingerprint density at radius 2 is 1.86 bits per heavy atom. The molecule has 2 aromatic heterocycles. The van der Waals surface area contributed by atoms with E-state index in [1.54, 1.807) is 0 Å². The molecule has 0 saturated carbocycles. The van der Waals surface area contributed by atoms with Crippen LogP contribution in [0.4, 0.5) is 0 Å². The lowest BCUT2D eigenvalue weighted by Gasteiger charge is -1.98. The first-order valence-corrected chi connectivity index (χ1v) is 7.26. The second-order valence-electron chi connectivity index (χ2n) is 5.94. The van der Waals surface area contributed by atoms with Crippen LogP contribution in [0.2, 0.25) is 0 Å². The van der Waals surface area contributed by atoms with Crippen molar-refractivity contribution in [3.05, 3.63) is 48.7 Å². The minimum atomic E-state index is 0.833. The van der Waals surface area contributed by atoms with Crippen LogP contribution in [0, 0.1) is 5.92 Å². The molecule has 0 fully saturated rings. The highest BCUT2D eigenvalue weighted by atomic mass is 15.1. The molecule has 1 aromatic carbocycles. The molecule has 0 unspecified atom stereocenters. The van der Waals surface area contributed by atoms with Gasteiger partial charge in [0, 0.05) is 16.5 Å². The zero-order valence-electron chi connectivity index (χ0n) is 13.2. The number of allylic oxidation sites excluding steroid dienone is 1. The Balaban J connectivity index is 0.000000361. The number of hydrogen-bond acceptors (Lipinski definition) is 1. The van der Waals surface area contributed by atoms with Crippen molar-refractivity contribution < 1.29 is 0 Å². The maximum absolute atomic E-state index is 4.08. The van der Waals surface area contributed by atoms with Gasteiger partial charge in [-0.05, 0) is 30.5 Å². The van der Waals surface area contributed by atoms with Crippen LogP contribution < -0.4 is 0 Å². The fourth-order valence-electron chi connectivity index (χ4n) is 2.02. The Morgan fingerprint density at radius 1 is 1.19 bits per heavy atom. The zero-order chi connectivity index (χ0) is 15.4. The molecule has 110 valence electrons. The van der Waals surface area contributed by atoms with E-state index >= 15 is 0 Å². The summed E-state index contributed by atoms with van der Waals surface area (Å²) in [5, 5.41) is 8.31. The van der Waals surface area contributed by atoms with Crippen molar-refractivity contribution in [3.63, 3.8) is 0 Å². The van der Waals surface area contributed by atoms with E-state index < -0.39 is 0 Å². The first-order chi connectivity index (χ1) is 9.99. The second-order valence-corrected chi connectivity index (χ2v) is 5.94. The largest absolute Gasteiger partial charge is 0.353 e. The molecule has 0 atom stereocenters. The van der Waals surface area contributed by atoms with Crippen molar-refractivity contribution >= 4 is 16.5 Å². The third kappa shape index (κ3) is 3.63. The number of nitrogens with zero attached hydrogens (tertiary/aromatic N) is 1. The molecule has 0 aliphatic rings. The van der Waals surface area contributed by atoms with Gasteiger partial charge in [-0.25, -0.2) is 0 Å². The fraction of sp³-hybridized carbons (Fsp3) is 0.278. The van der Waals surface area contributed by atoms with Gasteiger partial charge in [0.05, 0.1) is 17.6 Å². The summed E-state index contributed by atoms with van der Waals surface area (Å²) in [4.78, 5) is 3.38. The molecule has 21 heavy (non-hydrogen) atoms. The molecule has 0 amide bonds. The summed E-state index contributed by atoms with van der Waals surface area (Å²) in [6.45, 7) is 12.4. The van der Waals surface area contributed by atoms with E-state index in [1.807, 2.05) is 25.3 Å². The lowest BCUT2D eigenvalue weighted by Crippen LogP contribution is -1.82. The smallest absolute Gasteiger partial charge is 0.0887 e. The van der Waals surface area contributed by atoms with Gasteiger partial charge >= 0.3 is 0 Å². The number of hydrogen-bond donors (Lipinski definition) is 2. The van der Waals surface area contributed by atoms with Gasteiger partial charge in [0.15, 0.2) is 0 Å². The maximum Gasteiger partial charge on any atom is 0.0887 e. The van der Waals surface area contributed by atoms with Crippen molar-refractivity contribution in [2.45, 2.75) is 27.7 Å². The monoisotopic (exact) mass is 281 g/mol. The molecule has 0 aliphatic carbocycles. The number of rotatable bonds is 2. The first kappa shape index (κ1) is 15.1. The summed E-state index contributed by atoms with van der Waals surface area (Å²) in [5.41, 5.74) is 5.23. The van der Waals surface area contributed by atoms with E-state index in [-0.39, 0.29) is 0 Å². The number of nitrogens with one attached hydrogen (secondary N) is 2. The van der Waals surface area contributed by atoms with E-state index in [9.17, 15) is 0 Å². The van der Waals surface area contributed by atoms with Crippen LogP contribution in [0.25, 0.3) is 27.9 Å². The van der Waals surface area contributed by atoms with Gasteiger partial charge in [-0.3, -0.25) is 5.10 Å². The molecule has 3 heteroatoms. The van der Waals surface area contributed by atoms with Gasteiger partial charge in [0.1, 0.15) is 0 Å². The molecule has 0 bridgehead atoms. The van der Waals surface area contributed by atoms with Crippen LogP contribution in [-0.2, 0) is 0 Å². The standard InChI is InChI=1S/C14H13N3.C4H10/c1-9(2)11-8-15-17-14(11)13-7-10-5-3-4-6-12(10)16-13;1-4(2)3/h3-8,16H,1H2,2H3,(H,15,17);4H,1-3H3. The molecular weight excluding hydrogens is 258 g/mol. The highest BCUT2D eigenvalue weighted by Gasteiger charge is 2.10. The van der Waals surface area contributed by atoms with Crippen LogP contribution >= 0.6 is 0 Å². The number of fused-ring (bicyclic) bond motifs is 1. The Labute approximate surface area is 126 Å². The van der Waals surface area contributed by atoms with Gasteiger partial charge in [0.2, 0.25) is 0 Å². The lowest BCUT2D eigenvalue weighted by molar-refractivity contribution is 0.737. The van der Waals surface area contributed by atoms with Crippen molar-refractivity contribution in [1.82, 2.24) is 15.2 Å². The molecule has 2 heterocycles. The third-order valence-electron chi connectivity index (χ3n) is 2.90. The molecule has 0 spiro atoms. The number of para-hydroxylation sites is 1. The Morgan fingerprint density at radius 3 is 2.48 bits per heavy atom. The zero-order valence-corrected chi connectivity index (χ0v) is 13.2. The Bertz CT molecular complexity index is 696. The van der Waals surface area contributed by atoms with E-state index in [0.717, 1.165) is 34.0 Å². The SMILES string of the molecule is C=C(C)c1cn[nH]c1-c1cc2ccccc2[nH]1.CC(C)C. The summed E-state index contributed by atoms with van der Waals surface area (Å²) in [5.74, 6) is 0.833. The maximum atomic E-state index is 4.08. The average Bonchev–Trinajstić information content (AvgIpc) is 3.04. The van der Waals surface area contributed by atoms with Crippen molar-refractivity contribution in [3.8, 4) is 11.4 Å². The van der Waals surface area contributed by atoms with Crippen molar-refractivity contribution in [1.29, 1.82) is 0 Å². The Kier molecular flexibility index (Phi) is 4.63. The molecule has 0 saturated heterocycles. The first-order valence-electron chi connectivity index (χ1n) is 7.26. The minimum absolute atomic E-state index is 0.833. The van der Waals surface area contributed by atoms with Crippen molar-refractivity contribution in [2.24, 2.45) is 5.92 Å². The van der Waals surface area contributed by atoms with Gasteiger partial charge in [-0.15, -0.1) is 0 Å². The Hall–Kier alpha value is -2.29. The molecule has 0 aliphatic heterocycles. The normalized spacial score (nSPS) is 10.5. The summed E-state index contributed by atoms with van der Waals surface area (Å²) < 4.78 is 0. The van der Waals surface area contributed by atoms with Crippen LogP contribution in [0.5, 0.6) is 0 Å². The highest BCUT2D eigenvalue weighted by Crippen LogP contribution is 2.27. The summed E-state index contributed by atoms with van der Waals surface area (Å²) in [6, 6.07) is 10.3. The molecule has 3 nitrogen and oxygen atoms in total. The second kappa shape index (κ2) is 6.44. The van der Waals surface area contributed by atoms with E-state index in [1.165, 1.54) is 5.39 Å². The third-order valence-corrected chi connectivity index (χ3v) is 2.90.